The summed E-state index contributed by atoms with van der Waals surface area (Å²) in [5.74, 6) is 0. The topological polar surface area (TPSA) is 19.9 Å². The molecular formula is C8H13O. The molecule has 0 fully saturated rings. The average Bonchev–Trinajstić information content (AvgIpc) is 1.79. The summed E-state index contributed by atoms with van der Waals surface area (Å²) in [6, 6.07) is 0. The molecule has 0 aliphatic heterocycles. The standard InChI is InChI=1S/C8H13O/c9-8-6-4-2-1-3-5-7-8/h2,4,8H,1,3,5-7H2/b4-2-. The third-order valence-corrected chi connectivity index (χ3v) is 1.71. The van der Waals surface area contributed by atoms with Gasteiger partial charge in [-0.2, -0.15) is 0 Å². The van der Waals surface area contributed by atoms with Crippen LogP contribution in [0.15, 0.2) is 12.2 Å². The Morgan fingerprint density at radius 3 is 3.00 bits per heavy atom. The number of allylic oxidation sites excluding steroid dienone is 1. The summed E-state index contributed by atoms with van der Waals surface area (Å²) in [7, 11) is 0. The summed E-state index contributed by atoms with van der Waals surface area (Å²) in [5, 5.41) is 10.9. The molecule has 1 aliphatic rings. The fourth-order valence-corrected chi connectivity index (χ4v) is 1.12. The predicted molar refractivity (Wildman–Crippen MR) is 36.7 cm³/mol. The van der Waals surface area contributed by atoms with E-state index in [0.29, 0.717) is 0 Å². The van der Waals surface area contributed by atoms with Crippen molar-refractivity contribution in [2.75, 3.05) is 0 Å². The third-order valence-electron chi connectivity index (χ3n) is 1.71. The molecule has 1 rings (SSSR count). The Morgan fingerprint density at radius 1 is 1.22 bits per heavy atom. The van der Waals surface area contributed by atoms with Crippen LogP contribution in [0.3, 0.4) is 0 Å². The molecule has 0 heterocycles. The monoisotopic (exact) mass is 125 g/mol. The molecule has 0 aromatic rings. The van der Waals surface area contributed by atoms with E-state index in [1.807, 2.05) is 6.08 Å². The van der Waals surface area contributed by atoms with Gasteiger partial charge < -0.3 is 0 Å². The lowest BCUT2D eigenvalue weighted by Gasteiger charge is -2.06. The molecule has 1 radical (unpaired) electrons. The van der Waals surface area contributed by atoms with Gasteiger partial charge in [-0.3, -0.25) is 0 Å². The van der Waals surface area contributed by atoms with Crippen LogP contribution >= 0.6 is 0 Å². The van der Waals surface area contributed by atoms with Gasteiger partial charge in [-0.05, 0) is 25.7 Å². The van der Waals surface area contributed by atoms with Crippen LogP contribution in [0.2, 0.25) is 0 Å². The molecule has 0 saturated heterocycles. The van der Waals surface area contributed by atoms with Crippen LogP contribution in [-0.2, 0) is 5.11 Å². The number of rotatable bonds is 0. The molecule has 0 amide bonds. The van der Waals surface area contributed by atoms with Crippen molar-refractivity contribution >= 4 is 0 Å². The van der Waals surface area contributed by atoms with Crippen LogP contribution in [0, 0.1) is 0 Å². The van der Waals surface area contributed by atoms with Crippen molar-refractivity contribution in [3.63, 3.8) is 0 Å². The first-order chi connectivity index (χ1) is 4.39. The van der Waals surface area contributed by atoms with Crippen LogP contribution in [-0.4, -0.2) is 6.10 Å². The molecule has 0 aromatic carbocycles. The Hall–Kier alpha value is -0.300. The van der Waals surface area contributed by atoms with Crippen molar-refractivity contribution in [3.05, 3.63) is 12.2 Å². The van der Waals surface area contributed by atoms with Gasteiger partial charge >= 0.3 is 0 Å². The largest absolute Gasteiger partial charge is 0.233 e. The highest BCUT2D eigenvalue weighted by molar-refractivity contribution is 4.85. The maximum Gasteiger partial charge on any atom is 0.0964 e. The lowest BCUT2D eigenvalue weighted by Crippen LogP contribution is -2.03. The second-order valence-electron chi connectivity index (χ2n) is 2.61. The first-order valence-electron chi connectivity index (χ1n) is 3.70. The molecule has 51 valence electrons. The van der Waals surface area contributed by atoms with Crippen LogP contribution in [0.25, 0.3) is 0 Å². The molecular weight excluding hydrogens is 112 g/mol. The molecule has 9 heavy (non-hydrogen) atoms. The van der Waals surface area contributed by atoms with E-state index in [1.54, 1.807) is 0 Å². The van der Waals surface area contributed by atoms with Gasteiger partial charge in [0.05, 0.1) is 6.10 Å². The lowest BCUT2D eigenvalue weighted by atomic mass is 10.0. The highest BCUT2D eigenvalue weighted by Crippen LogP contribution is 2.11. The van der Waals surface area contributed by atoms with E-state index in [-0.39, 0.29) is 6.10 Å². The Morgan fingerprint density at radius 2 is 2.11 bits per heavy atom. The molecule has 1 nitrogen and oxygen atoms in total. The van der Waals surface area contributed by atoms with Crippen LogP contribution in [0.1, 0.15) is 32.1 Å². The molecule has 0 bridgehead atoms. The van der Waals surface area contributed by atoms with Gasteiger partial charge in [0, 0.05) is 0 Å². The first kappa shape index (κ1) is 6.81. The van der Waals surface area contributed by atoms with Crippen LogP contribution in [0.4, 0.5) is 0 Å². The summed E-state index contributed by atoms with van der Waals surface area (Å²) in [5.41, 5.74) is 0. The van der Waals surface area contributed by atoms with Gasteiger partial charge in [0.15, 0.2) is 0 Å². The van der Waals surface area contributed by atoms with Crippen LogP contribution in [0.5, 0.6) is 0 Å². The van der Waals surface area contributed by atoms with E-state index in [4.69, 9.17) is 0 Å². The van der Waals surface area contributed by atoms with Crippen molar-refractivity contribution in [3.8, 4) is 0 Å². The minimum absolute atomic E-state index is 0.318. The van der Waals surface area contributed by atoms with Crippen LogP contribution < -0.4 is 0 Å². The summed E-state index contributed by atoms with van der Waals surface area (Å²) >= 11 is 0. The van der Waals surface area contributed by atoms with E-state index in [1.165, 1.54) is 12.8 Å². The molecule has 0 aromatic heterocycles. The zero-order valence-corrected chi connectivity index (χ0v) is 5.68. The van der Waals surface area contributed by atoms with Crippen molar-refractivity contribution in [2.45, 2.75) is 38.2 Å². The summed E-state index contributed by atoms with van der Waals surface area (Å²) < 4.78 is 0. The van der Waals surface area contributed by atoms with Crippen molar-refractivity contribution in [1.29, 1.82) is 0 Å². The number of hydrogen-bond donors (Lipinski definition) is 0. The number of hydrogen-bond acceptors (Lipinski definition) is 0. The van der Waals surface area contributed by atoms with E-state index < -0.39 is 0 Å². The summed E-state index contributed by atoms with van der Waals surface area (Å²) in [4.78, 5) is 0. The van der Waals surface area contributed by atoms with E-state index in [0.717, 1.165) is 19.3 Å². The highest BCUT2D eigenvalue weighted by atomic mass is 16.3. The second kappa shape index (κ2) is 3.67. The summed E-state index contributed by atoms with van der Waals surface area (Å²) in [6.45, 7) is 0. The van der Waals surface area contributed by atoms with E-state index >= 15 is 0 Å². The maximum atomic E-state index is 10.9. The predicted octanol–water partition coefficient (Wildman–Crippen LogP) is 2.31. The van der Waals surface area contributed by atoms with Gasteiger partial charge in [-0.1, -0.05) is 18.6 Å². The Kier molecular flexibility index (Phi) is 2.78. The quantitative estimate of drug-likeness (QED) is 0.443. The van der Waals surface area contributed by atoms with Gasteiger partial charge in [0.1, 0.15) is 0 Å². The first-order valence-corrected chi connectivity index (χ1v) is 3.70. The smallest absolute Gasteiger partial charge is 0.0964 e. The lowest BCUT2D eigenvalue weighted by molar-refractivity contribution is 0.0806. The summed E-state index contributed by atoms with van der Waals surface area (Å²) in [6.07, 6.45) is 8.97. The minimum atomic E-state index is -0.318. The molecule has 0 N–H and O–H groups in total. The molecule has 1 atom stereocenters. The molecule has 0 spiro atoms. The van der Waals surface area contributed by atoms with E-state index in [9.17, 15) is 5.11 Å². The minimum Gasteiger partial charge on any atom is -0.233 e. The van der Waals surface area contributed by atoms with Crippen molar-refractivity contribution < 1.29 is 5.11 Å². The van der Waals surface area contributed by atoms with Crippen molar-refractivity contribution in [1.82, 2.24) is 0 Å². The maximum absolute atomic E-state index is 10.9. The molecule has 1 aliphatic carbocycles. The SMILES string of the molecule is [O]C1C/C=C\CCCC1. The van der Waals surface area contributed by atoms with Gasteiger partial charge in [-0.25, -0.2) is 5.11 Å². The molecule has 1 unspecified atom stereocenters. The Balaban J connectivity index is 2.28. The highest BCUT2D eigenvalue weighted by Gasteiger charge is 2.04. The fraction of sp³-hybridized carbons (Fsp3) is 0.750. The molecule has 1 heteroatoms. The van der Waals surface area contributed by atoms with Gasteiger partial charge in [-0.15, -0.1) is 0 Å². The average molecular weight is 125 g/mol. The van der Waals surface area contributed by atoms with Gasteiger partial charge in [0.25, 0.3) is 0 Å². The Bertz CT molecular complexity index is 96.7. The zero-order chi connectivity index (χ0) is 6.53. The van der Waals surface area contributed by atoms with Crippen molar-refractivity contribution in [2.24, 2.45) is 0 Å². The Labute approximate surface area is 56.4 Å². The normalized spacial score (nSPS) is 32.8. The second-order valence-corrected chi connectivity index (χ2v) is 2.61. The fourth-order valence-electron chi connectivity index (χ4n) is 1.12. The third kappa shape index (κ3) is 2.66. The van der Waals surface area contributed by atoms with E-state index in [2.05, 4.69) is 6.08 Å². The molecule has 0 saturated carbocycles. The van der Waals surface area contributed by atoms with Gasteiger partial charge in [0.2, 0.25) is 0 Å². The zero-order valence-electron chi connectivity index (χ0n) is 5.68.